The van der Waals surface area contributed by atoms with Gasteiger partial charge >= 0.3 is 0 Å². The molecule has 0 radical (unpaired) electrons. The summed E-state index contributed by atoms with van der Waals surface area (Å²) in [5, 5.41) is 0. The summed E-state index contributed by atoms with van der Waals surface area (Å²) >= 11 is 0. The van der Waals surface area contributed by atoms with Gasteiger partial charge in [-0.1, -0.05) is 37.3 Å². The molecular formula is C13H16N2. The highest BCUT2D eigenvalue weighted by molar-refractivity contribution is 5.17. The van der Waals surface area contributed by atoms with Gasteiger partial charge < -0.3 is 4.57 Å². The maximum atomic E-state index is 4.39. The highest BCUT2D eigenvalue weighted by atomic mass is 15.1. The van der Waals surface area contributed by atoms with E-state index in [9.17, 15) is 0 Å². The lowest BCUT2D eigenvalue weighted by Crippen LogP contribution is -2.05. The minimum absolute atomic E-state index is 0.926. The maximum Gasteiger partial charge on any atom is 0.108 e. The number of aromatic nitrogens is 2. The topological polar surface area (TPSA) is 17.8 Å². The third-order valence-electron chi connectivity index (χ3n) is 2.64. The minimum Gasteiger partial charge on any atom is -0.328 e. The standard InChI is InChI=1S/C13H16N2/c1-3-13-14-9-11(2)15(13)10-12-7-5-4-6-8-12/h4-9H,3,10H2,1-2H3. The number of benzene rings is 1. The Morgan fingerprint density at radius 2 is 1.93 bits per heavy atom. The van der Waals surface area contributed by atoms with Crippen molar-refractivity contribution in [3.8, 4) is 0 Å². The van der Waals surface area contributed by atoms with E-state index in [-0.39, 0.29) is 0 Å². The fraction of sp³-hybridized carbons (Fsp3) is 0.308. The van der Waals surface area contributed by atoms with Crippen LogP contribution in [0.2, 0.25) is 0 Å². The molecule has 15 heavy (non-hydrogen) atoms. The van der Waals surface area contributed by atoms with Crippen LogP contribution >= 0.6 is 0 Å². The van der Waals surface area contributed by atoms with E-state index >= 15 is 0 Å². The van der Waals surface area contributed by atoms with E-state index in [4.69, 9.17) is 0 Å². The summed E-state index contributed by atoms with van der Waals surface area (Å²) in [5.74, 6) is 1.16. The summed E-state index contributed by atoms with van der Waals surface area (Å²) in [7, 11) is 0. The molecule has 2 rings (SSSR count). The molecule has 1 aromatic heterocycles. The summed E-state index contributed by atoms with van der Waals surface area (Å²) in [6, 6.07) is 10.5. The van der Waals surface area contributed by atoms with Crippen LogP contribution in [-0.4, -0.2) is 9.55 Å². The third-order valence-corrected chi connectivity index (χ3v) is 2.64. The minimum atomic E-state index is 0.926. The molecule has 78 valence electrons. The molecule has 0 aliphatic rings. The first kappa shape index (κ1) is 9.97. The van der Waals surface area contributed by atoms with Gasteiger partial charge in [-0.05, 0) is 12.5 Å². The average molecular weight is 200 g/mol. The monoisotopic (exact) mass is 200 g/mol. The SMILES string of the molecule is CCc1ncc(C)n1Cc1ccccc1. The molecule has 0 bridgehead atoms. The normalized spacial score (nSPS) is 10.5. The van der Waals surface area contributed by atoms with Crippen molar-refractivity contribution in [2.24, 2.45) is 0 Å². The van der Waals surface area contributed by atoms with Crippen LogP contribution in [0.25, 0.3) is 0 Å². The Kier molecular flexibility index (Phi) is 2.86. The first-order valence-electron chi connectivity index (χ1n) is 5.36. The Bertz CT molecular complexity index is 429. The molecular weight excluding hydrogens is 184 g/mol. The van der Waals surface area contributed by atoms with Crippen molar-refractivity contribution >= 4 is 0 Å². The number of hydrogen-bond donors (Lipinski definition) is 0. The number of aryl methyl sites for hydroxylation is 2. The molecule has 2 aromatic rings. The van der Waals surface area contributed by atoms with Crippen LogP contribution < -0.4 is 0 Å². The number of imidazole rings is 1. The molecule has 1 heterocycles. The van der Waals surface area contributed by atoms with E-state index in [2.05, 4.69) is 47.7 Å². The highest BCUT2D eigenvalue weighted by Gasteiger charge is 2.04. The van der Waals surface area contributed by atoms with Gasteiger partial charge in [0.25, 0.3) is 0 Å². The van der Waals surface area contributed by atoms with Gasteiger partial charge in [0, 0.05) is 24.9 Å². The fourth-order valence-electron chi connectivity index (χ4n) is 1.77. The second-order valence-electron chi connectivity index (χ2n) is 3.74. The molecule has 0 N–H and O–H groups in total. The summed E-state index contributed by atoms with van der Waals surface area (Å²) < 4.78 is 2.27. The number of hydrogen-bond acceptors (Lipinski definition) is 1. The molecule has 1 aromatic carbocycles. The van der Waals surface area contributed by atoms with Crippen molar-refractivity contribution in [1.82, 2.24) is 9.55 Å². The fourth-order valence-corrected chi connectivity index (χ4v) is 1.77. The molecule has 0 fully saturated rings. The highest BCUT2D eigenvalue weighted by Crippen LogP contribution is 2.09. The Hall–Kier alpha value is -1.57. The van der Waals surface area contributed by atoms with Crippen molar-refractivity contribution in [2.75, 3.05) is 0 Å². The van der Waals surface area contributed by atoms with Gasteiger partial charge in [-0.2, -0.15) is 0 Å². The lowest BCUT2D eigenvalue weighted by molar-refractivity contribution is 0.712. The van der Waals surface area contributed by atoms with E-state index in [0.717, 1.165) is 18.8 Å². The molecule has 0 amide bonds. The van der Waals surface area contributed by atoms with Gasteiger partial charge in [0.15, 0.2) is 0 Å². The Morgan fingerprint density at radius 1 is 1.20 bits per heavy atom. The first-order chi connectivity index (χ1) is 7.31. The summed E-state index contributed by atoms with van der Waals surface area (Å²) in [4.78, 5) is 4.39. The van der Waals surface area contributed by atoms with E-state index in [1.54, 1.807) is 0 Å². The van der Waals surface area contributed by atoms with Gasteiger partial charge in [-0.15, -0.1) is 0 Å². The average Bonchev–Trinajstić information content (AvgIpc) is 2.62. The van der Waals surface area contributed by atoms with Crippen LogP contribution in [0, 0.1) is 6.92 Å². The smallest absolute Gasteiger partial charge is 0.108 e. The summed E-state index contributed by atoms with van der Waals surface area (Å²) in [6.07, 6.45) is 2.93. The zero-order valence-electron chi connectivity index (χ0n) is 9.27. The molecule has 0 saturated heterocycles. The number of nitrogens with zero attached hydrogens (tertiary/aromatic N) is 2. The number of rotatable bonds is 3. The Balaban J connectivity index is 2.27. The quantitative estimate of drug-likeness (QED) is 0.745. The predicted molar refractivity (Wildman–Crippen MR) is 61.9 cm³/mol. The van der Waals surface area contributed by atoms with Crippen molar-refractivity contribution in [3.63, 3.8) is 0 Å². The summed E-state index contributed by atoms with van der Waals surface area (Å²) in [6.45, 7) is 5.17. The van der Waals surface area contributed by atoms with Gasteiger partial charge in [0.1, 0.15) is 5.82 Å². The summed E-state index contributed by atoms with van der Waals surface area (Å²) in [5.41, 5.74) is 2.56. The molecule has 0 aliphatic heterocycles. The van der Waals surface area contributed by atoms with Gasteiger partial charge in [0.2, 0.25) is 0 Å². The largest absolute Gasteiger partial charge is 0.328 e. The molecule has 2 heteroatoms. The Morgan fingerprint density at radius 3 is 2.60 bits per heavy atom. The van der Waals surface area contributed by atoms with Crippen LogP contribution in [0.4, 0.5) is 0 Å². The van der Waals surface area contributed by atoms with Crippen LogP contribution in [0.3, 0.4) is 0 Å². The van der Waals surface area contributed by atoms with Crippen molar-refractivity contribution in [3.05, 3.63) is 53.6 Å². The lowest BCUT2D eigenvalue weighted by atomic mass is 10.2. The van der Waals surface area contributed by atoms with Crippen LogP contribution in [0.1, 0.15) is 24.0 Å². The maximum absolute atomic E-state index is 4.39. The molecule has 0 atom stereocenters. The van der Waals surface area contributed by atoms with E-state index in [1.807, 2.05) is 12.3 Å². The predicted octanol–water partition coefficient (Wildman–Crippen LogP) is 2.80. The Labute approximate surface area is 90.6 Å². The van der Waals surface area contributed by atoms with E-state index in [1.165, 1.54) is 11.3 Å². The third kappa shape index (κ3) is 2.09. The van der Waals surface area contributed by atoms with Crippen LogP contribution in [0.5, 0.6) is 0 Å². The molecule has 0 saturated carbocycles. The van der Waals surface area contributed by atoms with Crippen molar-refractivity contribution in [2.45, 2.75) is 26.8 Å². The van der Waals surface area contributed by atoms with E-state index < -0.39 is 0 Å². The molecule has 0 aliphatic carbocycles. The van der Waals surface area contributed by atoms with Crippen LogP contribution in [0.15, 0.2) is 36.5 Å². The van der Waals surface area contributed by atoms with Gasteiger partial charge in [-0.3, -0.25) is 0 Å². The lowest BCUT2D eigenvalue weighted by Gasteiger charge is -2.08. The van der Waals surface area contributed by atoms with Gasteiger partial charge in [-0.25, -0.2) is 4.98 Å². The zero-order chi connectivity index (χ0) is 10.7. The molecule has 2 nitrogen and oxygen atoms in total. The first-order valence-corrected chi connectivity index (χ1v) is 5.36. The second-order valence-corrected chi connectivity index (χ2v) is 3.74. The van der Waals surface area contributed by atoms with Crippen LogP contribution in [-0.2, 0) is 13.0 Å². The van der Waals surface area contributed by atoms with Gasteiger partial charge in [0.05, 0.1) is 0 Å². The van der Waals surface area contributed by atoms with Crippen molar-refractivity contribution in [1.29, 1.82) is 0 Å². The zero-order valence-corrected chi connectivity index (χ0v) is 9.27. The van der Waals surface area contributed by atoms with Crippen molar-refractivity contribution < 1.29 is 0 Å². The molecule has 0 unspecified atom stereocenters. The van der Waals surface area contributed by atoms with E-state index in [0.29, 0.717) is 0 Å². The second kappa shape index (κ2) is 4.30. The molecule has 0 spiro atoms.